The lowest BCUT2D eigenvalue weighted by Crippen LogP contribution is -2.36. The predicted octanol–water partition coefficient (Wildman–Crippen LogP) is 3.52. The van der Waals surface area contributed by atoms with Gasteiger partial charge in [0, 0.05) is 46.8 Å². The number of halogens is 1. The van der Waals surface area contributed by atoms with Crippen LogP contribution in [0.2, 0.25) is 0 Å². The number of hydrogen-bond donors (Lipinski definition) is 1. The molecule has 0 spiro atoms. The molecule has 22 heavy (non-hydrogen) atoms. The maximum atomic E-state index is 12.6. The lowest BCUT2D eigenvalue weighted by atomic mass is 10.0. The molecule has 1 aromatic carbocycles. The van der Waals surface area contributed by atoms with E-state index in [0.717, 1.165) is 16.4 Å². The Morgan fingerprint density at radius 3 is 2.95 bits per heavy atom. The highest BCUT2D eigenvalue weighted by Gasteiger charge is 2.25. The van der Waals surface area contributed by atoms with Crippen LogP contribution in [0.1, 0.15) is 21.7 Å². The number of rotatable bonds is 1. The lowest BCUT2D eigenvalue weighted by Gasteiger charge is -2.27. The van der Waals surface area contributed by atoms with Gasteiger partial charge in [0.25, 0.3) is 5.91 Å². The molecule has 1 aliphatic heterocycles. The van der Waals surface area contributed by atoms with Crippen molar-refractivity contribution in [2.24, 2.45) is 0 Å². The summed E-state index contributed by atoms with van der Waals surface area (Å²) in [5.74, 6) is -0.00408. The first-order valence-corrected chi connectivity index (χ1v) is 8.01. The van der Waals surface area contributed by atoms with Crippen molar-refractivity contribution in [1.29, 1.82) is 0 Å². The van der Waals surface area contributed by atoms with Crippen molar-refractivity contribution in [3.63, 3.8) is 0 Å². The smallest absolute Gasteiger partial charge is 0.272 e. The summed E-state index contributed by atoms with van der Waals surface area (Å²) in [6.45, 7) is 1.34. The third-order valence-corrected chi connectivity index (χ3v) is 4.79. The Labute approximate surface area is 136 Å². The minimum absolute atomic E-state index is 0.00408. The van der Waals surface area contributed by atoms with Gasteiger partial charge in [0.1, 0.15) is 5.69 Å². The molecule has 0 radical (unpaired) electrons. The molecule has 5 heteroatoms. The van der Waals surface area contributed by atoms with Gasteiger partial charge in [0.2, 0.25) is 0 Å². The predicted molar refractivity (Wildman–Crippen MR) is 88.7 cm³/mol. The van der Waals surface area contributed by atoms with Crippen LogP contribution in [0, 0.1) is 0 Å². The topological polar surface area (TPSA) is 49.0 Å². The van der Waals surface area contributed by atoms with Crippen LogP contribution in [0.5, 0.6) is 0 Å². The zero-order valence-electron chi connectivity index (χ0n) is 11.8. The summed E-state index contributed by atoms with van der Waals surface area (Å²) in [4.78, 5) is 22.1. The van der Waals surface area contributed by atoms with Crippen LogP contribution in [0.3, 0.4) is 0 Å². The quantitative estimate of drug-likeness (QED) is 0.725. The van der Waals surface area contributed by atoms with Gasteiger partial charge in [0.05, 0.1) is 5.52 Å². The molecule has 0 aliphatic carbocycles. The molecule has 3 aromatic rings. The molecular weight excluding hydrogens is 342 g/mol. The number of H-pyrrole nitrogens is 1. The van der Waals surface area contributed by atoms with Crippen molar-refractivity contribution in [2.45, 2.75) is 13.0 Å². The second-order valence-electron chi connectivity index (χ2n) is 5.44. The van der Waals surface area contributed by atoms with Crippen LogP contribution in [0.25, 0.3) is 10.9 Å². The number of carbonyl (C=O) groups is 1. The third-order valence-electron chi connectivity index (χ3n) is 4.13. The number of nitrogens with one attached hydrogen (secondary N) is 1. The first-order chi connectivity index (χ1) is 10.7. The molecule has 0 bridgehead atoms. The number of aromatic amines is 1. The lowest BCUT2D eigenvalue weighted by molar-refractivity contribution is 0.0729. The van der Waals surface area contributed by atoms with Crippen LogP contribution >= 0.6 is 15.9 Å². The zero-order valence-corrected chi connectivity index (χ0v) is 13.4. The summed E-state index contributed by atoms with van der Waals surface area (Å²) in [6.07, 6.45) is 2.50. The summed E-state index contributed by atoms with van der Waals surface area (Å²) in [5, 5.41) is 1.18. The van der Waals surface area contributed by atoms with Crippen LogP contribution < -0.4 is 0 Å². The van der Waals surface area contributed by atoms with E-state index < -0.39 is 0 Å². The van der Waals surface area contributed by atoms with Gasteiger partial charge >= 0.3 is 0 Å². The fourth-order valence-corrected chi connectivity index (χ4v) is 3.49. The fraction of sp³-hybridized carbons (Fsp3) is 0.176. The van der Waals surface area contributed by atoms with E-state index in [2.05, 4.69) is 32.0 Å². The summed E-state index contributed by atoms with van der Waals surface area (Å²) in [5.41, 5.74) is 4.06. The summed E-state index contributed by atoms with van der Waals surface area (Å²) in [7, 11) is 0. The number of aromatic nitrogens is 2. The molecule has 4 rings (SSSR count). The Hall–Kier alpha value is -2.14. The van der Waals surface area contributed by atoms with Gasteiger partial charge in [0.15, 0.2) is 0 Å². The van der Waals surface area contributed by atoms with Gasteiger partial charge in [-0.2, -0.15) is 0 Å². The van der Waals surface area contributed by atoms with E-state index in [0.29, 0.717) is 18.8 Å². The average molecular weight is 356 g/mol. The van der Waals surface area contributed by atoms with Crippen LogP contribution in [0.4, 0.5) is 0 Å². The van der Waals surface area contributed by atoms with Crippen molar-refractivity contribution in [2.75, 3.05) is 6.54 Å². The molecule has 0 saturated carbocycles. The molecule has 0 saturated heterocycles. The van der Waals surface area contributed by atoms with Gasteiger partial charge in [-0.1, -0.05) is 18.2 Å². The highest BCUT2D eigenvalue weighted by atomic mass is 79.9. The molecule has 1 amide bonds. The monoisotopic (exact) mass is 355 g/mol. The summed E-state index contributed by atoms with van der Waals surface area (Å²) < 4.78 is 1.06. The van der Waals surface area contributed by atoms with Gasteiger partial charge < -0.3 is 9.88 Å². The number of para-hydroxylation sites is 1. The standard InChI is InChI=1S/C17H14BrN3O/c18-13-5-3-4-11-12-10-21(9-7-14(12)20-16(11)13)17(22)15-6-1-2-8-19-15/h1-6,8,20H,7,9-10H2. The number of benzene rings is 1. The van der Waals surface area contributed by atoms with E-state index in [-0.39, 0.29) is 5.91 Å². The Morgan fingerprint density at radius 1 is 1.23 bits per heavy atom. The van der Waals surface area contributed by atoms with E-state index >= 15 is 0 Å². The van der Waals surface area contributed by atoms with Gasteiger partial charge in [-0.05, 0) is 34.1 Å². The minimum Gasteiger partial charge on any atom is -0.357 e. The van der Waals surface area contributed by atoms with E-state index in [1.54, 1.807) is 12.3 Å². The SMILES string of the molecule is O=C(c1ccccn1)N1CCc2[nH]c3c(Br)cccc3c2C1. The second-order valence-corrected chi connectivity index (χ2v) is 6.29. The molecule has 2 aromatic heterocycles. The van der Waals surface area contributed by atoms with Crippen molar-refractivity contribution >= 4 is 32.7 Å². The van der Waals surface area contributed by atoms with E-state index in [1.807, 2.05) is 29.2 Å². The van der Waals surface area contributed by atoms with Gasteiger partial charge in [-0.3, -0.25) is 9.78 Å². The minimum atomic E-state index is -0.00408. The molecule has 0 atom stereocenters. The molecule has 0 unspecified atom stereocenters. The van der Waals surface area contributed by atoms with E-state index in [1.165, 1.54) is 16.6 Å². The van der Waals surface area contributed by atoms with Crippen molar-refractivity contribution in [1.82, 2.24) is 14.9 Å². The molecule has 3 heterocycles. The summed E-state index contributed by atoms with van der Waals surface area (Å²) >= 11 is 3.58. The van der Waals surface area contributed by atoms with Crippen molar-refractivity contribution < 1.29 is 4.79 Å². The maximum absolute atomic E-state index is 12.6. The van der Waals surface area contributed by atoms with E-state index in [4.69, 9.17) is 0 Å². The molecule has 110 valence electrons. The number of fused-ring (bicyclic) bond motifs is 3. The molecule has 4 nitrogen and oxygen atoms in total. The fourth-order valence-electron chi connectivity index (χ4n) is 3.03. The molecular formula is C17H14BrN3O. The van der Waals surface area contributed by atoms with Crippen molar-refractivity contribution in [3.8, 4) is 0 Å². The second kappa shape index (κ2) is 5.25. The normalized spacial score (nSPS) is 14.1. The highest BCUT2D eigenvalue weighted by molar-refractivity contribution is 9.10. The average Bonchev–Trinajstić information content (AvgIpc) is 2.94. The van der Waals surface area contributed by atoms with E-state index in [9.17, 15) is 4.79 Å². The maximum Gasteiger partial charge on any atom is 0.272 e. The van der Waals surface area contributed by atoms with Crippen LogP contribution in [-0.2, 0) is 13.0 Å². The summed E-state index contributed by atoms with van der Waals surface area (Å²) in [6, 6.07) is 11.6. The van der Waals surface area contributed by atoms with Gasteiger partial charge in [-0.15, -0.1) is 0 Å². The largest absolute Gasteiger partial charge is 0.357 e. The Morgan fingerprint density at radius 2 is 2.14 bits per heavy atom. The molecule has 0 fully saturated rings. The number of amides is 1. The van der Waals surface area contributed by atoms with Crippen molar-refractivity contribution in [3.05, 3.63) is 64.0 Å². The van der Waals surface area contributed by atoms with Gasteiger partial charge in [-0.25, -0.2) is 0 Å². The Kier molecular flexibility index (Phi) is 3.22. The van der Waals surface area contributed by atoms with Crippen LogP contribution in [-0.4, -0.2) is 27.3 Å². The first-order valence-electron chi connectivity index (χ1n) is 7.22. The van der Waals surface area contributed by atoms with Crippen LogP contribution in [0.15, 0.2) is 47.1 Å². The number of hydrogen-bond acceptors (Lipinski definition) is 2. The first kappa shape index (κ1) is 13.5. The molecule has 1 N–H and O–H groups in total. The zero-order chi connectivity index (χ0) is 15.1. The Balaban J connectivity index is 1.71. The third kappa shape index (κ3) is 2.13. The number of pyridine rings is 1. The number of carbonyl (C=O) groups excluding carboxylic acids is 1. The Bertz CT molecular complexity index is 857. The number of nitrogens with zero attached hydrogens (tertiary/aromatic N) is 2. The molecule has 1 aliphatic rings. The highest BCUT2D eigenvalue weighted by Crippen LogP contribution is 2.32.